The zero-order chi connectivity index (χ0) is 14.6. The summed E-state index contributed by atoms with van der Waals surface area (Å²) in [5.41, 5.74) is 0.888. The number of nitrogens with zero attached hydrogens (tertiary/aromatic N) is 1. The molecule has 1 fully saturated rings. The Balaban J connectivity index is 2.00. The van der Waals surface area contributed by atoms with E-state index in [0.717, 1.165) is 24.3 Å². The Morgan fingerprint density at radius 3 is 2.90 bits per heavy atom. The molecule has 0 aliphatic carbocycles. The number of rotatable bonds is 4. The summed E-state index contributed by atoms with van der Waals surface area (Å²) in [4.78, 5) is 0. The molecule has 0 radical (unpaired) electrons. The molecule has 0 aromatic heterocycles. The zero-order valence-corrected chi connectivity index (χ0v) is 13.0. The predicted molar refractivity (Wildman–Crippen MR) is 81.8 cm³/mol. The van der Waals surface area contributed by atoms with Crippen molar-refractivity contribution in [3.05, 3.63) is 29.8 Å². The molecule has 2 atom stereocenters. The number of hydrogen-bond acceptors (Lipinski definition) is 4. The SMILES string of the molecule is CC(C)(C)[S+]([O-])N=Cc1cccc(O[C@@H]2CCOC2)c1. The maximum Gasteiger partial charge on any atom is 0.144 e. The highest BCUT2D eigenvalue weighted by atomic mass is 32.2. The first-order valence-corrected chi connectivity index (χ1v) is 7.86. The average Bonchev–Trinajstić information content (AvgIpc) is 2.88. The third-order valence-electron chi connectivity index (χ3n) is 2.87. The fourth-order valence-electron chi connectivity index (χ4n) is 1.73. The maximum atomic E-state index is 11.9. The van der Waals surface area contributed by atoms with Crippen LogP contribution in [0, 0.1) is 0 Å². The molecule has 110 valence electrons. The van der Waals surface area contributed by atoms with Crippen LogP contribution in [0.25, 0.3) is 0 Å². The third-order valence-corrected chi connectivity index (χ3v) is 4.21. The third kappa shape index (κ3) is 4.51. The van der Waals surface area contributed by atoms with E-state index in [1.54, 1.807) is 6.21 Å². The lowest BCUT2D eigenvalue weighted by Crippen LogP contribution is -2.25. The fourth-order valence-corrected chi connectivity index (χ4v) is 2.27. The van der Waals surface area contributed by atoms with Gasteiger partial charge in [0.2, 0.25) is 0 Å². The maximum absolute atomic E-state index is 11.9. The molecule has 0 bridgehead atoms. The normalized spacial score (nSPS) is 21.3. The molecule has 1 aliphatic rings. The van der Waals surface area contributed by atoms with Gasteiger partial charge in [-0.25, -0.2) is 0 Å². The van der Waals surface area contributed by atoms with Gasteiger partial charge < -0.3 is 14.0 Å². The van der Waals surface area contributed by atoms with E-state index >= 15 is 0 Å². The second-order valence-electron chi connectivity index (χ2n) is 5.77. The summed E-state index contributed by atoms with van der Waals surface area (Å²) in [6.07, 6.45) is 2.69. The Bertz CT molecular complexity index is 464. The molecule has 1 heterocycles. The van der Waals surface area contributed by atoms with Crippen LogP contribution >= 0.6 is 0 Å². The van der Waals surface area contributed by atoms with Crippen molar-refractivity contribution in [3.63, 3.8) is 0 Å². The van der Waals surface area contributed by atoms with Gasteiger partial charge in [0.1, 0.15) is 28.0 Å². The summed E-state index contributed by atoms with van der Waals surface area (Å²) in [6, 6.07) is 7.64. The first kappa shape index (κ1) is 15.4. The molecule has 5 heteroatoms. The summed E-state index contributed by atoms with van der Waals surface area (Å²) in [7, 11) is 0. The molecule has 0 N–H and O–H groups in total. The van der Waals surface area contributed by atoms with Crippen LogP contribution in [0.5, 0.6) is 5.75 Å². The van der Waals surface area contributed by atoms with Gasteiger partial charge in [0.05, 0.1) is 19.4 Å². The fraction of sp³-hybridized carbons (Fsp3) is 0.533. The van der Waals surface area contributed by atoms with Crippen molar-refractivity contribution in [3.8, 4) is 5.75 Å². The minimum absolute atomic E-state index is 0.130. The summed E-state index contributed by atoms with van der Waals surface area (Å²) in [5.74, 6) is 0.797. The lowest BCUT2D eigenvalue weighted by molar-refractivity contribution is 0.141. The molecule has 0 spiro atoms. The Morgan fingerprint density at radius 2 is 2.25 bits per heavy atom. The van der Waals surface area contributed by atoms with Gasteiger partial charge in [-0.05, 0) is 32.9 Å². The molecule has 2 rings (SSSR count). The van der Waals surface area contributed by atoms with Crippen LogP contribution in [0.2, 0.25) is 0 Å². The summed E-state index contributed by atoms with van der Waals surface area (Å²) in [5, 5.41) is 0. The smallest absolute Gasteiger partial charge is 0.144 e. The molecule has 20 heavy (non-hydrogen) atoms. The van der Waals surface area contributed by atoms with Gasteiger partial charge in [-0.2, -0.15) is 0 Å². The summed E-state index contributed by atoms with van der Waals surface area (Å²) >= 11 is -1.24. The number of benzene rings is 1. The van der Waals surface area contributed by atoms with Crippen LogP contribution in [0.1, 0.15) is 32.8 Å². The zero-order valence-electron chi connectivity index (χ0n) is 12.2. The second-order valence-corrected chi connectivity index (χ2v) is 7.71. The lowest BCUT2D eigenvalue weighted by atomic mass is 10.2. The van der Waals surface area contributed by atoms with Crippen LogP contribution in [-0.2, 0) is 16.1 Å². The van der Waals surface area contributed by atoms with Crippen molar-refractivity contribution in [2.24, 2.45) is 4.40 Å². The highest BCUT2D eigenvalue weighted by Gasteiger charge is 2.25. The highest BCUT2D eigenvalue weighted by Crippen LogP contribution is 2.19. The van der Waals surface area contributed by atoms with Crippen LogP contribution in [-0.4, -0.2) is 34.8 Å². The summed E-state index contributed by atoms with van der Waals surface area (Å²) in [6.45, 7) is 7.11. The monoisotopic (exact) mass is 295 g/mol. The van der Waals surface area contributed by atoms with Gasteiger partial charge >= 0.3 is 0 Å². The van der Waals surface area contributed by atoms with Gasteiger partial charge in [-0.1, -0.05) is 16.5 Å². The molecule has 1 aliphatic heterocycles. The lowest BCUT2D eigenvalue weighted by Gasteiger charge is -2.17. The quantitative estimate of drug-likeness (QED) is 0.634. The molecule has 0 saturated carbocycles. The van der Waals surface area contributed by atoms with Crippen LogP contribution in [0.15, 0.2) is 28.7 Å². The van der Waals surface area contributed by atoms with E-state index < -0.39 is 11.4 Å². The van der Waals surface area contributed by atoms with Crippen LogP contribution < -0.4 is 4.74 Å². The molecular formula is C15H21NO3S. The van der Waals surface area contributed by atoms with Gasteiger partial charge in [0.25, 0.3) is 0 Å². The minimum atomic E-state index is -1.24. The first-order chi connectivity index (χ1) is 9.45. The molecular weight excluding hydrogens is 274 g/mol. The molecule has 1 unspecified atom stereocenters. The Morgan fingerprint density at radius 1 is 1.45 bits per heavy atom. The van der Waals surface area contributed by atoms with Crippen LogP contribution in [0.4, 0.5) is 0 Å². The highest BCUT2D eigenvalue weighted by molar-refractivity contribution is 7.91. The van der Waals surface area contributed by atoms with Crippen molar-refractivity contribution < 1.29 is 14.0 Å². The molecule has 1 aromatic rings. The van der Waals surface area contributed by atoms with Crippen molar-refractivity contribution >= 4 is 17.6 Å². The largest absolute Gasteiger partial charge is 0.591 e. The summed E-state index contributed by atoms with van der Waals surface area (Å²) < 4.78 is 26.7. The standard InChI is InChI=1S/C15H21NO3S/c1-15(2,3)20(17)16-10-12-5-4-6-13(9-12)19-14-7-8-18-11-14/h4-6,9-10,14H,7-8,11H2,1-3H3/t14-,20?/m1/s1. The Labute approximate surface area is 123 Å². The van der Waals surface area contributed by atoms with Crippen molar-refractivity contribution in [2.45, 2.75) is 38.0 Å². The van der Waals surface area contributed by atoms with Crippen LogP contribution in [0.3, 0.4) is 0 Å². The van der Waals surface area contributed by atoms with E-state index in [4.69, 9.17) is 9.47 Å². The van der Waals surface area contributed by atoms with Crippen molar-refractivity contribution in [1.82, 2.24) is 0 Å². The minimum Gasteiger partial charge on any atom is -0.591 e. The topological polar surface area (TPSA) is 53.9 Å². The van der Waals surface area contributed by atoms with Gasteiger partial charge in [0.15, 0.2) is 0 Å². The first-order valence-electron chi connectivity index (χ1n) is 6.76. The molecule has 1 saturated heterocycles. The van der Waals surface area contributed by atoms with E-state index in [-0.39, 0.29) is 10.9 Å². The molecule has 1 aromatic carbocycles. The second kappa shape index (κ2) is 6.61. The molecule has 0 amide bonds. The van der Waals surface area contributed by atoms with E-state index in [1.165, 1.54) is 0 Å². The van der Waals surface area contributed by atoms with Gasteiger partial charge in [-0.15, -0.1) is 0 Å². The Hall–Kier alpha value is -1.04. The van der Waals surface area contributed by atoms with E-state index in [9.17, 15) is 4.55 Å². The number of ether oxygens (including phenoxy) is 2. The van der Waals surface area contributed by atoms with Crippen molar-refractivity contribution in [2.75, 3.05) is 13.2 Å². The van der Waals surface area contributed by atoms with E-state index in [0.29, 0.717) is 6.61 Å². The van der Waals surface area contributed by atoms with Gasteiger partial charge in [0, 0.05) is 12.0 Å². The average molecular weight is 295 g/mol. The van der Waals surface area contributed by atoms with Gasteiger partial charge in [-0.3, -0.25) is 0 Å². The molecule has 4 nitrogen and oxygen atoms in total. The van der Waals surface area contributed by atoms with E-state index in [1.807, 2.05) is 45.0 Å². The van der Waals surface area contributed by atoms with Crippen molar-refractivity contribution in [1.29, 1.82) is 0 Å². The Kier molecular flexibility index (Phi) is 5.07. The predicted octanol–water partition coefficient (Wildman–Crippen LogP) is 2.74. The number of hydrogen-bond donors (Lipinski definition) is 0. The van der Waals surface area contributed by atoms with E-state index in [2.05, 4.69) is 4.40 Å².